The second-order valence-corrected chi connectivity index (χ2v) is 4.97. The average molecular weight is 315 g/mol. The summed E-state index contributed by atoms with van der Waals surface area (Å²) in [5, 5.41) is 1.25. The summed E-state index contributed by atoms with van der Waals surface area (Å²) in [6.07, 6.45) is 4.83. The van der Waals surface area contributed by atoms with E-state index in [0.29, 0.717) is 0 Å². The van der Waals surface area contributed by atoms with Gasteiger partial charge >= 0.3 is 0 Å². The Labute approximate surface area is 103 Å². The third-order valence-electron chi connectivity index (χ3n) is 2.46. The minimum Gasteiger partial charge on any atom is -0.350 e. The Balaban J connectivity index is 2.36. The van der Waals surface area contributed by atoms with Crippen LogP contribution in [0.2, 0.25) is 0 Å². The minimum atomic E-state index is 1.07. The fourth-order valence-electron chi connectivity index (χ4n) is 1.64. The number of nitrogens with one attached hydrogen (secondary N) is 1. The molecule has 1 N–H and O–H groups in total. The predicted molar refractivity (Wildman–Crippen MR) is 71.1 cm³/mol. The van der Waals surface area contributed by atoms with Crippen molar-refractivity contribution >= 4 is 33.5 Å². The Morgan fingerprint density at radius 2 is 2.27 bits per heavy atom. The number of hydrogen-bond donors (Lipinski definition) is 1. The van der Waals surface area contributed by atoms with Gasteiger partial charge in [0.1, 0.15) is 0 Å². The summed E-state index contributed by atoms with van der Waals surface area (Å²) in [6.45, 7) is 1.07. The molecule has 2 aromatic rings. The predicted octanol–water partition coefficient (Wildman–Crippen LogP) is 2.27. The van der Waals surface area contributed by atoms with Crippen LogP contribution in [0.4, 0.5) is 0 Å². The van der Waals surface area contributed by atoms with E-state index in [1.165, 1.54) is 20.2 Å². The van der Waals surface area contributed by atoms with Crippen molar-refractivity contribution in [3.63, 3.8) is 0 Å². The van der Waals surface area contributed by atoms with Crippen LogP contribution in [0.3, 0.4) is 0 Å². The summed E-state index contributed by atoms with van der Waals surface area (Å²) in [7, 11) is 4.19. The van der Waals surface area contributed by atoms with E-state index < -0.39 is 0 Å². The van der Waals surface area contributed by atoms with Crippen molar-refractivity contribution in [1.82, 2.24) is 14.9 Å². The molecule has 0 saturated heterocycles. The number of H-pyrrole nitrogens is 1. The summed E-state index contributed by atoms with van der Waals surface area (Å²) in [6, 6.07) is 2.02. The highest BCUT2D eigenvalue weighted by molar-refractivity contribution is 14.1. The minimum absolute atomic E-state index is 1.07. The zero-order valence-electron chi connectivity index (χ0n) is 8.92. The Kier molecular flexibility index (Phi) is 3.25. The monoisotopic (exact) mass is 315 g/mol. The summed E-state index contributed by atoms with van der Waals surface area (Å²) in [4.78, 5) is 9.76. The van der Waals surface area contributed by atoms with E-state index in [9.17, 15) is 0 Å². The second-order valence-electron chi connectivity index (χ2n) is 3.89. The Morgan fingerprint density at radius 3 is 3.00 bits per heavy atom. The van der Waals surface area contributed by atoms with Gasteiger partial charge in [-0.05, 0) is 54.7 Å². The first kappa shape index (κ1) is 10.9. The fourth-order valence-corrected chi connectivity index (χ4v) is 2.49. The van der Waals surface area contributed by atoms with Crippen LogP contribution < -0.4 is 0 Å². The van der Waals surface area contributed by atoms with E-state index in [-0.39, 0.29) is 0 Å². The van der Waals surface area contributed by atoms with Gasteiger partial charge in [-0.3, -0.25) is 4.98 Å². The number of rotatable bonds is 3. The highest BCUT2D eigenvalue weighted by Gasteiger charge is 2.08. The number of hydrogen-bond acceptors (Lipinski definition) is 2. The van der Waals surface area contributed by atoms with Gasteiger partial charge in [0, 0.05) is 29.8 Å². The van der Waals surface area contributed by atoms with Crippen molar-refractivity contribution in [2.24, 2.45) is 0 Å². The first-order valence-corrected chi connectivity index (χ1v) is 6.01. The third kappa shape index (κ3) is 2.31. The van der Waals surface area contributed by atoms with Crippen molar-refractivity contribution in [2.75, 3.05) is 20.6 Å². The molecular formula is C11H14IN3. The molecule has 0 aliphatic rings. The summed E-state index contributed by atoms with van der Waals surface area (Å²) in [5.74, 6) is 0. The number of pyridine rings is 1. The van der Waals surface area contributed by atoms with Gasteiger partial charge in [-0.1, -0.05) is 0 Å². The highest BCUT2D eigenvalue weighted by atomic mass is 127. The molecule has 0 aliphatic heterocycles. The van der Waals surface area contributed by atoms with Crippen LogP contribution >= 0.6 is 22.6 Å². The maximum absolute atomic E-state index is 4.18. The molecule has 2 aromatic heterocycles. The van der Waals surface area contributed by atoms with Gasteiger partial charge in [-0.15, -0.1) is 0 Å². The van der Waals surface area contributed by atoms with E-state index in [1.54, 1.807) is 0 Å². The van der Waals surface area contributed by atoms with Gasteiger partial charge < -0.3 is 9.88 Å². The normalized spacial score (nSPS) is 11.5. The number of fused-ring (bicyclic) bond motifs is 1. The molecule has 4 heteroatoms. The third-order valence-corrected chi connectivity index (χ3v) is 3.39. The molecule has 0 spiro atoms. The zero-order valence-corrected chi connectivity index (χ0v) is 11.1. The first-order chi connectivity index (χ1) is 7.18. The van der Waals surface area contributed by atoms with Crippen LogP contribution in [0.15, 0.2) is 18.5 Å². The van der Waals surface area contributed by atoms with E-state index >= 15 is 0 Å². The first-order valence-electron chi connectivity index (χ1n) is 4.93. The Hall–Kier alpha value is -0.620. The van der Waals surface area contributed by atoms with Crippen molar-refractivity contribution in [2.45, 2.75) is 6.42 Å². The van der Waals surface area contributed by atoms with Crippen LogP contribution in [0.1, 0.15) is 5.56 Å². The van der Waals surface area contributed by atoms with E-state index in [2.05, 4.69) is 51.6 Å². The van der Waals surface area contributed by atoms with Crippen molar-refractivity contribution in [3.05, 3.63) is 27.7 Å². The standard InChI is InChI=1S/C11H14IN3/c1-15(2)6-4-8-9-7-13-5-3-10(9)14-11(8)12/h3,5,7,14H,4,6H2,1-2H3. The molecule has 80 valence electrons. The molecule has 0 atom stereocenters. The summed E-state index contributed by atoms with van der Waals surface area (Å²) < 4.78 is 1.23. The zero-order chi connectivity index (χ0) is 10.8. The van der Waals surface area contributed by atoms with Crippen molar-refractivity contribution in [3.8, 4) is 0 Å². The molecule has 0 aliphatic carbocycles. The number of likely N-dealkylation sites (N-methyl/N-ethyl adjacent to an activating group) is 1. The van der Waals surface area contributed by atoms with Gasteiger partial charge in [0.05, 0.1) is 3.70 Å². The van der Waals surface area contributed by atoms with Crippen molar-refractivity contribution in [1.29, 1.82) is 0 Å². The van der Waals surface area contributed by atoms with Crippen LogP contribution in [0, 0.1) is 3.70 Å². The molecule has 0 fully saturated rings. The molecule has 3 nitrogen and oxygen atoms in total. The number of nitrogens with zero attached hydrogens (tertiary/aromatic N) is 2. The lowest BCUT2D eigenvalue weighted by Crippen LogP contribution is -2.15. The molecule has 0 aromatic carbocycles. The highest BCUT2D eigenvalue weighted by Crippen LogP contribution is 2.23. The lowest BCUT2D eigenvalue weighted by molar-refractivity contribution is 0.414. The van der Waals surface area contributed by atoms with Crippen LogP contribution in [-0.2, 0) is 6.42 Å². The van der Waals surface area contributed by atoms with E-state index in [4.69, 9.17) is 0 Å². The fraction of sp³-hybridized carbons (Fsp3) is 0.364. The number of halogens is 1. The number of aromatic amines is 1. The number of aromatic nitrogens is 2. The smallest absolute Gasteiger partial charge is 0.0816 e. The molecule has 2 heterocycles. The lowest BCUT2D eigenvalue weighted by atomic mass is 10.1. The van der Waals surface area contributed by atoms with Gasteiger partial charge in [0.2, 0.25) is 0 Å². The summed E-state index contributed by atoms with van der Waals surface area (Å²) >= 11 is 2.36. The maximum atomic E-state index is 4.18. The van der Waals surface area contributed by atoms with Gasteiger partial charge in [0.15, 0.2) is 0 Å². The quantitative estimate of drug-likeness (QED) is 0.881. The molecule has 15 heavy (non-hydrogen) atoms. The van der Waals surface area contributed by atoms with Crippen LogP contribution in [0.25, 0.3) is 10.9 Å². The SMILES string of the molecule is CN(C)CCc1c(I)[nH]c2ccncc12. The topological polar surface area (TPSA) is 31.9 Å². The van der Waals surface area contributed by atoms with Gasteiger partial charge in [-0.25, -0.2) is 0 Å². The van der Waals surface area contributed by atoms with Gasteiger partial charge in [0.25, 0.3) is 0 Å². The molecular weight excluding hydrogens is 301 g/mol. The van der Waals surface area contributed by atoms with E-state index in [1.807, 2.05) is 18.5 Å². The van der Waals surface area contributed by atoms with Gasteiger partial charge in [-0.2, -0.15) is 0 Å². The average Bonchev–Trinajstić information content (AvgIpc) is 2.50. The van der Waals surface area contributed by atoms with E-state index in [0.717, 1.165) is 13.0 Å². The lowest BCUT2D eigenvalue weighted by Gasteiger charge is -2.08. The Bertz CT molecular complexity index is 462. The Morgan fingerprint density at radius 1 is 1.47 bits per heavy atom. The summed E-state index contributed by atoms with van der Waals surface area (Å²) in [5.41, 5.74) is 2.57. The second kappa shape index (κ2) is 4.49. The van der Waals surface area contributed by atoms with Crippen LogP contribution in [-0.4, -0.2) is 35.5 Å². The molecule has 0 bridgehead atoms. The molecule has 0 unspecified atom stereocenters. The van der Waals surface area contributed by atoms with Crippen molar-refractivity contribution < 1.29 is 0 Å². The molecule has 2 rings (SSSR count). The molecule has 0 radical (unpaired) electrons. The largest absolute Gasteiger partial charge is 0.350 e. The van der Waals surface area contributed by atoms with Crippen LogP contribution in [0.5, 0.6) is 0 Å². The maximum Gasteiger partial charge on any atom is 0.0816 e. The molecule has 0 amide bonds. The molecule has 0 saturated carbocycles.